The first-order valence-electron chi connectivity index (χ1n) is 7.08. The van der Waals surface area contributed by atoms with Gasteiger partial charge in [-0.25, -0.2) is 0 Å². The van der Waals surface area contributed by atoms with Gasteiger partial charge in [-0.3, -0.25) is 4.79 Å². The first kappa shape index (κ1) is 19.5. The third kappa shape index (κ3) is 4.74. The maximum atomic E-state index is 12.3. The molecule has 22 heavy (non-hydrogen) atoms. The molecule has 1 saturated heterocycles. The minimum absolute atomic E-state index is 0. The Hall–Kier alpha value is -0.520. The predicted octanol–water partition coefficient (Wildman–Crippen LogP) is 3.35. The van der Waals surface area contributed by atoms with Crippen molar-refractivity contribution < 1.29 is 9.53 Å². The molecule has 1 aliphatic rings. The van der Waals surface area contributed by atoms with E-state index < -0.39 is 6.04 Å². The number of rotatable bonds is 4. The zero-order chi connectivity index (χ0) is 15.4. The summed E-state index contributed by atoms with van der Waals surface area (Å²) < 4.78 is 5.29. The van der Waals surface area contributed by atoms with E-state index >= 15 is 0 Å². The van der Waals surface area contributed by atoms with Gasteiger partial charge in [0.25, 0.3) is 0 Å². The Balaban J connectivity index is 0.00000242. The fraction of sp³-hybridized carbons (Fsp3) is 0.533. The number of carbonyl (C=O) groups excluding carboxylic acids is 1. The van der Waals surface area contributed by atoms with Gasteiger partial charge in [-0.15, -0.1) is 12.4 Å². The molecule has 0 bridgehead atoms. The molecular formula is C15H21Cl3N2O2. The highest BCUT2D eigenvalue weighted by molar-refractivity contribution is 6.42. The number of halogens is 3. The summed E-state index contributed by atoms with van der Waals surface area (Å²) >= 11 is 12.2. The second-order valence-corrected chi connectivity index (χ2v) is 6.13. The molecule has 0 saturated carbocycles. The summed E-state index contributed by atoms with van der Waals surface area (Å²) in [5.74, 6) is 0.00576. The molecule has 124 valence electrons. The van der Waals surface area contributed by atoms with Crippen molar-refractivity contribution in [2.45, 2.75) is 31.8 Å². The van der Waals surface area contributed by atoms with Crippen LogP contribution in [0.3, 0.4) is 0 Å². The van der Waals surface area contributed by atoms with E-state index in [9.17, 15) is 4.79 Å². The van der Waals surface area contributed by atoms with Gasteiger partial charge in [0.1, 0.15) is 0 Å². The van der Waals surface area contributed by atoms with Crippen LogP contribution in [0.2, 0.25) is 10.0 Å². The Morgan fingerprint density at radius 1 is 1.36 bits per heavy atom. The molecule has 2 unspecified atom stereocenters. The Morgan fingerprint density at radius 3 is 2.64 bits per heavy atom. The number of nitrogens with one attached hydrogen (secondary N) is 1. The van der Waals surface area contributed by atoms with Crippen LogP contribution in [0.15, 0.2) is 18.2 Å². The van der Waals surface area contributed by atoms with E-state index in [1.807, 2.05) is 19.1 Å². The van der Waals surface area contributed by atoms with Crippen LogP contribution in [0.4, 0.5) is 0 Å². The van der Waals surface area contributed by atoms with E-state index in [0.29, 0.717) is 23.3 Å². The predicted molar refractivity (Wildman–Crippen MR) is 91.8 cm³/mol. The van der Waals surface area contributed by atoms with Gasteiger partial charge in [0.15, 0.2) is 0 Å². The average molecular weight is 368 g/mol. The Kier molecular flexibility index (Phi) is 7.94. The molecule has 7 heteroatoms. The summed E-state index contributed by atoms with van der Waals surface area (Å²) in [5, 5.41) is 3.85. The summed E-state index contributed by atoms with van der Waals surface area (Å²) in [6.45, 7) is 3.20. The third-order valence-corrected chi connectivity index (χ3v) is 4.72. The minimum Gasteiger partial charge on any atom is -0.381 e. The number of ether oxygens (including phenoxy) is 1. The first-order valence-corrected chi connectivity index (χ1v) is 7.84. The summed E-state index contributed by atoms with van der Waals surface area (Å²) in [5.41, 5.74) is 6.85. The molecule has 1 fully saturated rings. The van der Waals surface area contributed by atoms with Gasteiger partial charge in [0, 0.05) is 13.2 Å². The van der Waals surface area contributed by atoms with Crippen LogP contribution in [-0.4, -0.2) is 25.2 Å². The van der Waals surface area contributed by atoms with E-state index in [0.717, 1.165) is 18.4 Å². The van der Waals surface area contributed by atoms with Gasteiger partial charge in [-0.2, -0.15) is 0 Å². The Labute approximate surface area is 147 Å². The Morgan fingerprint density at radius 2 is 2.00 bits per heavy atom. The van der Waals surface area contributed by atoms with E-state index in [-0.39, 0.29) is 30.3 Å². The molecular weight excluding hydrogens is 347 g/mol. The van der Waals surface area contributed by atoms with Gasteiger partial charge in [-0.1, -0.05) is 35.3 Å². The highest BCUT2D eigenvalue weighted by Gasteiger charge is 2.27. The lowest BCUT2D eigenvalue weighted by molar-refractivity contribution is -0.125. The molecule has 1 amide bonds. The summed E-state index contributed by atoms with van der Waals surface area (Å²) in [7, 11) is 0. The van der Waals surface area contributed by atoms with Crippen molar-refractivity contribution in [1.29, 1.82) is 0 Å². The van der Waals surface area contributed by atoms with Crippen LogP contribution in [-0.2, 0) is 9.53 Å². The van der Waals surface area contributed by atoms with Gasteiger partial charge in [0.2, 0.25) is 5.91 Å². The van der Waals surface area contributed by atoms with Crippen LogP contribution >= 0.6 is 35.6 Å². The smallest absolute Gasteiger partial charge is 0.237 e. The second-order valence-electron chi connectivity index (χ2n) is 5.35. The van der Waals surface area contributed by atoms with Crippen molar-refractivity contribution >= 4 is 41.5 Å². The van der Waals surface area contributed by atoms with Gasteiger partial charge in [0.05, 0.1) is 22.1 Å². The van der Waals surface area contributed by atoms with Crippen LogP contribution < -0.4 is 11.1 Å². The maximum Gasteiger partial charge on any atom is 0.237 e. The van der Waals surface area contributed by atoms with E-state index in [4.69, 9.17) is 33.7 Å². The molecule has 1 aromatic carbocycles. The average Bonchev–Trinajstić information content (AvgIpc) is 2.50. The lowest BCUT2D eigenvalue weighted by Gasteiger charge is -2.28. The number of amides is 1. The molecule has 2 rings (SSSR count). The standard InChI is InChI=1S/C15H20Cl2N2O2.ClH/c1-9(11-3-2-4-12(16)13(11)17)19-15(20)14(18)10-5-7-21-8-6-10;/h2-4,9-10,14H,5-8,18H2,1H3,(H,19,20);1H. The van der Waals surface area contributed by atoms with Crippen LogP contribution in [0.5, 0.6) is 0 Å². The van der Waals surface area contributed by atoms with Crippen molar-refractivity contribution in [3.63, 3.8) is 0 Å². The molecule has 0 aliphatic carbocycles. The quantitative estimate of drug-likeness (QED) is 0.858. The number of carbonyl (C=O) groups is 1. The largest absolute Gasteiger partial charge is 0.381 e. The zero-order valence-corrected chi connectivity index (χ0v) is 14.7. The molecule has 3 N–H and O–H groups in total. The summed E-state index contributed by atoms with van der Waals surface area (Å²) in [4.78, 5) is 12.3. The van der Waals surface area contributed by atoms with E-state index in [2.05, 4.69) is 5.32 Å². The fourth-order valence-electron chi connectivity index (χ4n) is 2.53. The van der Waals surface area contributed by atoms with Gasteiger partial charge >= 0.3 is 0 Å². The van der Waals surface area contributed by atoms with Crippen molar-refractivity contribution in [2.75, 3.05) is 13.2 Å². The highest BCUT2D eigenvalue weighted by atomic mass is 35.5. The third-order valence-electron chi connectivity index (χ3n) is 3.88. The number of nitrogens with two attached hydrogens (primary N) is 1. The molecule has 0 aromatic heterocycles. The number of hydrogen-bond acceptors (Lipinski definition) is 3. The van der Waals surface area contributed by atoms with Crippen LogP contribution in [0.25, 0.3) is 0 Å². The second kappa shape index (κ2) is 8.94. The van der Waals surface area contributed by atoms with Crippen LogP contribution in [0.1, 0.15) is 31.4 Å². The van der Waals surface area contributed by atoms with E-state index in [1.165, 1.54) is 0 Å². The molecule has 1 aromatic rings. The first-order chi connectivity index (χ1) is 10.0. The zero-order valence-electron chi connectivity index (χ0n) is 12.4. The summed E-state index contributed by atoms with van der Waals surface area (Å²) in [6, 6.07) is 4.61. The molecule has 1 aliphatic heterocycles. The molecule has 0 spiro atoms. The fourth-order valence-corrected chi connectivity index (χ4v) is 3.00. The lowest BCUT2D eigenvalue weighted by atomic mass is 9.91. The van der Waals surface area contributed by atoms with Gasteiger partial charge < -0.3 is 15.8 Å². The van der Waals surface area contributed by atoms with Crippen molar-refractivity contribution in [3.8, 4) is 0 Å². The Bertz CT molecular complexity index is 508. The SMILES string of the molecule is CC(NC(=O)C(N)C1CCOCC1)c1cccc(Cl)c1Cl.Cl. The highest BCUT2D eigenvalue weighted by Crippen LogP contribution is 2.30. The molecule has 4 nitrogen and oxygen atoms in total. The minimum atomic E-state index is -0.519. The lowest BCUT2D eigenvalue weighted by Crippen LogP contribution is -2.47. The van der Waals surface area contributed by atoms with Gasteiger partial charge in [-0.05, 0) is 37.3 Å². The molecule has 1 heterocycles. The van der Waals surface area contributed by atoms with E-state index in [1.54, 1.807) is 6.07 Å². The maximum absolute atomic E-state index is 12.3. The topological polar surface area (TPSA) is 64.4 Å². The molecule has 0 radical (unpaired) electrons. The normalized spacial score (nSPS) is 18.2. The van der Waals surface area contributed by atoms with Crippen LogP contribution in [0, 0.1) is 5.92 Å². The number of hydrogen-bond donors (Lipinski definition) is 2. The summed E-state index contributed by atoms with van der Waals surface area (Å²) in [6.07, 6.45) is 1.64. The van der Waals surface area contributed by atoms with Crippen molar-refractivity contribution in [3.05, 3.63) is 33.8 Å². The molecule has 2 atom stereocenters. The van der Waals surface area contributed by atoms with Crippen molar-refractivity contribution in [1.82, 2.24) is 5.32 Å². The van der Waals surface area contributed by atoms with Crippen molar-refractivity contribution in [2.24, 2.45) is 11.7 Å². The number of benzene rings is 1. The monoisotopic (exact) mass is 366 g/mol.